The van der Waals surface area contributed by atoms with Crippen molar-refractivity contribution in [3.8, 4) is 0 Å². The second kappa shape index (κ2) is 9.53. The average molecular weight is 429 g/mol. The number of carbonyl (C=O) groups is 4. The highest BCUT2D eigenvalue weighted by Gasteiger charge is 2.25. The largest absolute Gasteiger partial charge is 0.452 e. The van der Waals surface area contributed by atoms with Gasteiger partial charge in [-0.15, -0.1) is 11.3 Å². The Kier molecular flexibility index (Phi) is 6.83. The van der Waals surface area contributed by atoms with Gasteiger partial charge in [0.1, 0.15) is 0 Å². The fourth-order valence-corrected chi connectivity index (χ4v) is 3.94. The number of ether oxygens (including phenoxy) is 1. The van der Waals surface area contributed by atoms with E-state index in [1.807, 2.05) is 31.4 Å². The quantitative estimate of drug-likeness (QED) is 0.658. The van der Waals surface area contributed by atoms with Gasteiger partial charge in [0.25, 0.3) is 5.91 Å². The number of benzene rings is 1. The van der Waals surface area contributed by atoms with Crippen LogP contribution in [0.5, 0.6) is 0 Å². The minimum atomic E-state index is -0.650. The Morgan fingerprint density at radius 3 is 2.53 bits per heavy atom. The van der Waals surface area contributed by atoms with Crippen LogP contribution in [-0.4, -0.2) is 30.3 Å². The van der Waals surface area contributed by atoms with Gasteiger partial charge in [-0.3, -0.25) is 19.8 Å². The standard InChI is InChI=1S/C21H23N3O5S/c1-13(2)20(16-4-3-11-30-16)22-18(26)12-29-21(28)14-5-7-15(8-6-14)24-19(27)10-9-17(25)23-24/h3-8,11,13,20H,9-10,12H2,1-2H3,(H,22,26)(H,23,25). The van der Waals surface area contributed by atoms with Crippen molar-refractivity contribution in [1.82, 2.24) is 10.7 Å². The molecule has 2 heterocycles. The first-order valence-electron chi connectivity index (χ1n) is 9.57. The third-order valence-corrected chi connectivity index (χ3v) is 5.54. The van der Waals surface area contributed by atoms with E-state index in [4.69, 9.17) is 4.74 Å². The number of hydrazine groups is 1. The van der Waals surface area contributed by atoms with Crippen LogP contribution < -0.4 is 15.8 Å². The van der Waals surface area contributed by atoms with Crippen molar-refractivity contribution >= 4 is 40.7 Å². The van der Waals surface area contributed by atoms with Gasteiger partial charge in [-0.25, -0.2) is 9.80 Å². The number of esters is 1. The Morgan fingerprint density at radius 1 is 1.17 bits per heavy atom. The number of carbonyl (C=O) groups excluding carboxylic acids is 4. The summed E-state index contributed by atoms with van der Waals surface area (Å²) in [4.78, 5) is 49.0. The smallest absolute Gasteiger partial charge is 0.338 e. The van der Waals surface area contributed by atoms with Gasteiger partial charge in [0.05, 0.1) is 17.3 Å². The molecule has 1 aliphatic rings. The van der Waals surface area contributed by atoms with E-state index < -0.39 is 12.6 Å². The van der Waals surface area contributed by atoms with Gasteiger partial charge < -0.3 is 10.1 Å². The monoisotopic (exact) mass is 429 g/mol. The summed E-state index contributed by atoms with van der Waals surface area (Å²) in [7, 11) is 0. The Morgan fingerprint density at radius 2 is 1.90 bits per heavy atom. The molecule has 0 spiro atoms. The zero-order valence-corrected chi connectivity index (χ0v) is 17.5. The van der Waals surface area contributed by atoms with Crippen LogP contribution in [-0.2, 0) is 19.1 Å². The van der Waals surface area contributed by atoms with Crippen molar-refractivity contribution in [2.24, 2.45) is 5.92 Å². The van der Waals surface area contributed by atoms with Crippen LogP contribution in [0.15, 0.2) is 41.8 Å². The summed E-state index contributed by atoms with van der Waals surface area (Å²) in [6.45, 7) is 3.62. The molecule has 3 rings (SSSR count). The molecule has 0 saturated carbocycles. The van der Waals surface area contributed by atoms with E-state index in [1.54, 1.807) is 11.3 Å². The maximum atomic E-state index is 12.3. The number of amides is 3. The minimum Gasteiger partial charge on any atom is -0.452 e. The number of hydrogen-bond donors (Lipinski definition) is 2. The molecule has 1 unspecified atom stereocenters. The number of hydrogen-bond acceptors (Lipinski definition) is 6. The Labute approximate surface area is 178 Å². The minimum absolute atomic E-state index is 0.133. The Balaban J connectivity index is 1.55. The van der Waals surface area contributed by atoms with Crippen LogP contribution in [0.3, 0.4) is 0 Å². The molecule has 158 valence electrons. The highest BCUT2D eigenvalue weighted by Crippen LogP contribution is 2.25. The van der Waals surface area contributed by atoms with Crippen molar-refractivity contribution in [1.29, 1.82) is 0 Å². The summed E-state index contributed by atoms with van der Waals surface area (Å²) in [5.41, 5.74) is 3.17. The van der Waals surface area contributed by atoms with Crippen molar-refractivity contribution < 1.29 is 23.9 Å². The molecular formula is C21H23N3O5S. The molecule has 9 heteroatoms. The molecule has 1 saturated heterocycles. The van der Waals surface area contributed by atoms with Gasteiger partial charge in [0.2, 0.25) is 11.8 Å². The molecule has 1 fully saturated rings. The zero-order chi connectivity index (χ0) is 21.7. The molecule has 0 bridgehead atoms. The summed E-state index contributed by atoms with van der Waals surface area (Å²) in [5.74, 6) is -1.32. The second-order valence-electron chi connectivity index (χ2n) is 7.19. The van der Waals surface area contributed by atoms with Gasteiger partial charge in [-0.1, -0.05) is 19.9 Å². The first-order valence-corrected chi connectivity index (χ1v) is 10.5. The molecule has 1 aromatic carbocycles. The lowest BCUT2D eigenvalue weighted by Crippen LogP contribution is -2.50. The Hall–Kier alpha value is -3.20. The SMILES string of the molecule is CC(C)C(NC(=O)COC(=O)c1ccc(N2NC(=O)CCC2=O)cc1)c1cccs1. The lowest BCUT2D eigenvalue weighted by molar-refractivity contribution is -0.130. The molecule has 1 aromatic heterocycles. The van der Waals surface area contributed by atoms with E-state index in [0.717, 1.165) is 9.89 Å². The highest BCUT2D eigenvalue weighted by atomic mass is 32.1. The topological polar surface area (TPSA) is 105 Å². The van der Waals surface area contributed by atoms with E-state index >= 15 is 0 Å². The molecule has 0 aliphatic carbocycles. The first-order chi connectivity index (χ1) is 14.3. The van der Waals surface area contributed by atoms with E-state index in [2.05, 4.69) is 10.7 Å². The number of anilines is 1. The van der Waals surface area contributed by atoms with E-state index in [-0.39, 0.29) is 48.1 Å². The van der Waals surface area contributed by atoms with E-state index in [1.165, 1.54) is 24.3 Å². The van der Waals surface area contributed by atoms with Gasteiger partial charge >= 0.3 is 5.97 Å². The number of rotatable bonds is 7. The predicted octanol–water partition coefficient (Wildman–Crippen LogP) is 2.58. The van der Waals surface area contributed by atoms with Crippen LogP contribution in [0.25, 0.3) is 0 Å². The summed E-state index contributed by atoms with van der Waals surface area (Å²) < 4.78 is 5.11. The molecule has 1 atom stereocenters. The molecule has 3 amide bonds. The second-order valence-corrected chi connectivity index (χ2v) is 8.17. The summed E-state index contributed by atoms with van der Waals surface area (Å²) >= 11 is 1.56. The van der Waals surface area contributed by atoms with Gasteiger partial charge in [0.15, 0.2) is 6.61 Å². The van der Waals surface area contributed by atoms with Crippen LogP contribution >= 0.6 is 11.3 Å². The summed E-state index contributed by atoms with van der Waals surface area (Å²) in [6.07, 6.45) is 0.291. The van der Waals surface area contributed by atoms with Crippen LogP contribution in [0.4, 0.5) is 5.69 Å². The van der Waals surface area contributed by atoms with Crippen molar-refractivity contribution in [2.75, 3.05) is 11.6 Å². The van der Waals surface area contributed by atoms with Crippen LogP contribution in [0.1, 0.15) is 48.0 Å². The third-order valence-electron chi connectivity index (χ3n) is 4.58. The number of thiophene rings is 1. The first kappa shape index (κ1) is 21.5. The molecule has 8 nitrogen and oxygen atoms in total. The zero-order valence-electron chi connectivity index (χ0n) is 16.7. The van der Waals surface area contributed by atoms with Gasteiger partial charge in [0, 0.05) is 17.7 Å². The normalized spacial score (nSPS) is 15.0. The summed E-state index contributed by atoms with van der Waals surface area (Å²) in [5, 5.41) is 6.00. The molecule has 2 N–H and O–H groups in total. The third kappa shape index (κ3) is 5.24. The number of nitrogens with one attached hydrogen (secondary N) is 2. The molecule has 0 radical (unpaired) electrons. The lowest BCUT2D eigenvalue weighted by atomic mass is 10.0. The molecular weight excluding hydrogens is 406 g/mol. The van der Waals surface area contributed by atoms with Crippen LogP contribution in [0.2, 0.25) is 0 Å². The fraction of sp³-hybridized carbons (Fsp3) is 0.333. The molecule has 30 heavy (non-hydrogen) atoms. The summed E-state index contributed by atoms with van der Waals surface area (Å²) in [6, 6.07) is 9.76. The van der Waals surface area contributed by atoms with E-state index in [0.29, 0.717) is 5.69 Å². The van der Waals surface area contributed by atoms with Gasteiger partial charge in [-0.05, 0) is 41.6 Å². The average Bonchev–Trinajstić information content (AvgIpc) is 3.26. The maximum Gasteiger partial charge on any atom is 0.338 e. The predicted molar refractivity (Wildman–Crippen MR) is 112 cm³/mol. The molecule has 2 aromatic rings. The van der Waals surface area contributed by atoms with Gasteiger partial charge in [-0.2, -0.15) is 0 Å². The van der Waals surface area contributed by atoms with Crippen molar-refractivity contribution in [3.63, 3.8) is 0 Å². The fourth-order valence-electron chi connectivity index (χ4n) is 2.99. The lowest BCUT2D eigenvalue weighted by Gasteiger charge is -2.27. The van der Waals surface area contributed by atoms with Crippen molar-refractivity contribution in [2.45, 2.75) is 32.7 Å². The number of nitrogens with zero attached hydrogens (tertiary/aromatic N) is 1. The van der Waals surface area contributed by atoms with E-state index in [9.17, 15) is 19.2 Å². The van der Waals surface area contributed by atoms with Crippen molar-refractivity contribution in [3.05, 3.63) is 52.2 Å². The highest BCUT2D eigenvalue weighted by molar-refractivity contribution is 7.10. The maximum absolute atomic E-state index is 12.3. The Bertz CT molecular complexity index is 925. The van der Waals surface area contributed by atoms with Crippen LogP contribution in [0, 0.1) is 5.92 Å². The molecule has 1 aliphatic heterocycles.